The minimum absolute atomic E-state index is 0.0109. The maximum absolute atomic E-state index is 13.0. The van der Waals surface area contributed by atoms with E-state index in [0.29, 0.717) is 25.0 Å². The first kappa shape index (κ1) is 10.1. The second kappa shape index (κ2) is 4.30. The summed E-state index contributed by atoms with van der Waals surface area (Å²) in [5, 5.41) is 0. The van der Waals surface area contributed by atoms with Crippen LogP contribution in [0.15, 0.2) is 12.1 Å². The molecule has 0 amide bonds. The van der Waals surface area contributed by atoms with Gasteiger partial charge >= 0.3 is 0 Å². The van der Waals surface area contributed by atoms with Crippen LogP contribution in [0.25, 0.3) is 0 Å². The van der Waals surface area contributed by atoms with Crippen molar-refractivity contribution in [2.24, 2.45) is 0 Å². The van der Waals surface area contributed by atoms with Crippen molar-refractivity contribution >= 4 is 0 Å². The minimum Gasteiger partial charge on any atom is -0.207 e. The molecule has 0 saturated heterocycles. The molecular weight excluding hydrogens is 177 g/mol. The third kappa shape index (κ3) is 2.47. The molecule has 0 spiro atoms. The smallest absolute Gasteiger partial charge is 0.132 e. The molecule has 1 rings (SSSR count). The third-order valence-corrected chi connectivity index (χ3v) is 1.89. The highest BCUT2D eigenvalue weighted by Crippen LogP contribution is 2.16. The van der Waals surface area contributed by atoms with Crippen molar-refractivity contribution in [3.05, 3.63) is 35.1 Å². The molecule has 0 N–H and O–H groups in total. The molecule has 0 nitrogen and oxygen atoms in total. The largest absolute Gasteiger partial charge is 0.207 e. The summed E-state index contributed by atoms with van der Waals surface area (Å²) in [7, 11) is 0. The van der Waals surface area contributed by atoms with E-state index in [1.54, 1.807) is 0 Å². The molecule has 0 unspecified atom stereocenters. The average Bonchev–Trinajstić information content (AvgIpc) is 2.02. The molecule has 3 heteroatoms. The van der Waals surface area contributed by atoms with E-state index in [-0.39, 0.29) is 5.56 Å². The van der Waals surface area contributed by atoms with Crippen LogP contribution in [0.4, 0.5) is 13.2 Å². The summed E-state index contributed by atoms with van der Waals surface area (Å²) in [5.41, 5.74) is -0.0109. The summed E-state index contributed by atoms with van der Waals surface area (Å²) in [6.07, 6.45) is 1.89. The second-order valence-corrected chi connectivity index (χ2v) is 2.95. The Morgan fingerprint density at radius 3 is 2.08 bits per heavy atom. The van der Waals surface area contributed by atoms with Gasteiger partial charge in [0.15, 0.2) is 0 Å². The van der Waals surface area contributed by atoms with Gasteiger partial charge in [-0.1, -0.05) is 13.3 Å². The highest BCUT2D eigenvalue weighted by atomic mass is 19.1. The standard InChI is InChI=1S/C10H11F3/c1-2-3-4-8-9(12)5-7(11)6-10(8)13/h5-6H,2-4H2,1H3. The summed E-state index contributed by atoms with van der Waals surface area (Å²) in [5.74, 6) is -2.44. The number of hydrogen-bond donors (Lipinski definition) is 0. The van der Waals surface area contributed by atoms with Gasteiger partial charge in [-0.25, -0.2) is 13.2 Å². The molecule has 0 bridgehead atoms. The number of hydrogen-bond acceptors (Lipinski definition) is 0. The van der Waals surface area contributed by atoms with Gasteiger partial charge in [-0.05, 0) is 12.8 Å². The summed E-state index contributed by atoms with van der Waals surface area (Å²) in [6.45, 7) is 1.93. The Bertz CT molecular complexity index is 271. The Hall–Kier alpha value is -0.990. The van der Waals surface area contributed by atoms with Gasteiger partial charge in [0.2, 0.25) is 0 Å². The summed E-state index contributed by atoms with van der Waals surface area (Å²) < 4.78 is 38.4. The fourth-order valence-electron chi connectivity index (χ4n) is 1.16. The van der Waals surface area contributed by atoms with Crippen LogP contribution in [0.1, 0.15) is 25.3 Å². The van der Waals surface area contributed by atoms with Crippen LogP contribution in [-0.4, -0.2) is 0 Å². The molecule has 0 aliphatic heterocycles. The van der Waals surface area contributed by atoms with E-state index < -0.39 is 17.5 Å². The zero-order valence-electron chi connectivity index (χ0n) is 7.41. The molecule has 0 heterocycles. The lowest BCUT2D eigenvalue weighted by Gasteiger charge is -2.03. The van der Waals surface area contributed by atoms with Gasteiger partial charge in [0.25, 0.3) is 0 Å². The first-order valence-electron chi connectivity index (χ1n) is 4.28. The predicted octanol–water partition coefficient (Wildman–Crippen LogP) is 3.45. The van der Waals surface area contributed by atoms with Gasteiger partial charge in [0.1, 0.15) is 17.5 Å². The second-order valence-electron chi connectivity index (χ2n) is 2.95. The lowest BCUT2D eigenvalue weighted by molar-refractivity contribution is 0.519. The van der Waals surface area contributed by atoms with E-state index in [1.165, 1.54) is 0 Å². The van der Waals surface area contributed by atoms with Crippen LogP contribution in [0, 0.1) is 17.5 Å². The zero-order chi connectivity index (χ0) is 9.84. The molecule has 13 heavy (non-hydrogen) atoms. The lowest BCUT2D eigenvalue weighted by atomic mass is 10.1. The molecule has 0 atom stereocenters. The van der Waals surface area contributed by atoms with Gasteiger partial charge in [-0.15, -0.1) is 0 Å². The van der Waals surface area contributed by atoms with E-state index >= 15 is 0 Å². The monoisotopic (exact) mass is 188 g/mol. The normalized spacial score (nSPS) is 10.5. The Morgan fingerprint density at radius 2 is 1.62 bits per heavy atom. The summed E-state index contributed by atoms with van der Waals surface area (Å²) >= 11 is 0. The van der Waals surface area contributed by atoms with Gasteiger partial charge in [-0.2, -0.15) is 0 Å². The maximum Gasteiger partial charge on any atom is 0.132 e. The van der Waals surface area contributed by atoms with Crippen LogP contribution in [0.3, 0.4) is 0 Å². The Kier molecular flexibility index (Phi) is 3.34. The van der Waals surface area contributed by atoms with Crippen LogP contribution >= 0.6 is 0 Å². The van der Waals surface area contributed by atoms with Crippen molar-refractivity contribution in [1.29, 1.82) is 0 Å². The highest BCUT2D eigenvalue weighted by molar-refractivity contribution is 5.20. The van der Waals surface area contributed by atoms with Crippen molar-refractivity contribution in [2.45, 2.75) is 26.2 Å². The first-order chi connectivity index (χ1) is 6.15. The Labute approximate surface area is 75.4 Å². The van der Waals surface area contributed by atoms with E-state index in [1.807, 2.05) is 6.92 Å². The van der Waals surface area contributed by atoms with Gasteiger partial charge in [0.05, 0.1) is 0 Å². The lowest BCUT2D eigenvalue weighted by Crippen LogP contribution is -1.97. The maximum atomic E-state index is 13.0. The molecule has 1 aromatic rings. The number of halogens is 3. The van der Waals surface area contributed by atoms with E-state index in [2.05, 4.69) is 0 Å². The number of benzene rings is 1. The van der Waals surface area contributed by atoms with Crippen LogP contribution in [0.5, 0.6) is 0 Å². The molecule has 0 radical (unpaired) electrons. The van der Waals surface area contributed by atoms with E-state index in [0.717, 1.165) is 6.42 Å². The zero-order valence-corrected chi connectivity index (χ0v) is 7.41. The van der Waals surface area contributed by atoms with Crippen molar-refractivity contribution < 1.29 is 13.2 Å². The van der Waals surface area contributed by atoms with Crippen LogP contribution in [-0.2, 0) is 6.42 Å². The Morgan fingerprint density at radius 1 is 1.08 bits per heavy atom. The van der Waals surface area contributed by atoms with E-state index in [4.69, 9.17) is 0 Å². The molecule has 0 saturated carbocycles. The minimum atomic E-state index is -0.866. The molecule has 0 aliphatic carbocycles. The summed E-state index contributed by atoms with van der Waals surface area (Å²) in [4.78, 5) is 0. The molecule has 0 aliphatic rings. The third-order valence-electron chi connectivity index (χ3n) is 1.89. The van der Waals surface area contributed by atoms with Crippen LogP contribution < -0.4 is 0 Å². The van der Waals surface area contributed by atoms with Crippen LogP contribution in [0.2, 0.25) is 0 Å². The van der Waals surface area contributed by atoms with Crippen molar-refractivity contribution in [1.82, 2.24) is 0 Å². The van der Waals surface area contributed by atoms with E-state index in [9.17, 15) is 13.2 Å². The van der Waals surface area contributed by atoms with Gasteiger partial charge in [-0.3, -0.25) is 0 Å². The number of unbranched alkanes of at least 4 members (excludes halogenated alkanes) is 1. The highest BCUT2D eigenvalue weighted by Gasteiger charge is 2.10. The molecule has 1 aromatic carbocycles. The quantitative estimate of drug-likeness (QED) is 0.681. The number of rotatable bonds is 3. The van der Waals surface area contributed by atoms with Gasteiger partial charge in [0, 0.05) is 17.7 Å². The predicted molar refractivity (Wildman–Crippen MR) is 44.9 cm³/mol. The van der Waals surface area contributed by atoms with Crippen molar-refractivity contribution in [3.63, 3.8) is 0 Å². The average molecular weight is 188 g/mol. The van der Waals surface area contributed by atoms with Crippen molar-refractivity contribution in [2.75, 3.05) is 0 Å². The fourth-order valence-corrected chi connectivity index (χ4v) is 1.16. The molecular formula is C10H11F3. The topological polar surface area (TPSA) is 0 Å². The fraction of sp³-hybridized carbons (Fsp3) is 0.400. The molecule has 72 valence electrons. The van der Waals surface area contributed by atoms with Crippen molar-refractivity contribution in [3.8, 4) is 0 Å². The van der Waals surface area contributed by atoms with Gasteiger partial charge < -0.3 is 0 Å². The SMILES string of the molecule is CCCCc1c(F)cc(F)cc1F. The Balaban J connectivity index is 2.92. The summed E-state index contributed by atoms with van der Waals surface area (Å²) in [6, 6.07) is 1.43. The molecule has 0 fully saturated rings. The molecule has 0 aromatic heterocycles. The first-order valence-corrected chi connectivity index (χ1v) is 4.28.